The molecule has 3 rings (SSSR count). The van der Waals surface area contributed by atoms with Crippen molar-refractivity contribution in [1.82, 2.24) is 10.2 Å². The van der Waals surface area contributed by atoms with E-state index in [2.05, 4.69) is 51.3 Å². The number of aromatic amines is 1. The smallest absolute Gasteiger partial charge is 0.292 e. The summed E-state index contributed by atoms with van der Waals surface area (Å²) in [6.45, 7) is 4.17. The number of nitrogens with one attached hydrogen (secondary N) is 2. The van der Waals surface area contributed by atoms with Crippen molar-refractivity contribution in [3.63, 3.8) is 0 Å². The van der Waals surface area contributed by atoms with Crippen LogP contribution >= 0.6 is 0 Å². The van der Waals surface area contributed by atoms with Gasteiger partial charge in [0.2, 0.25) is 5.82 Å². The highest BCUT2D eigenvalue weighted by atomic mass is 15.4. The number of aryl methyl sites for hydroxylation is 1. The van der Waals surface area contributed by atoms with Crippen LogP contribution in [0.15, 0.2) is 24.3 Å². The van der Waals surface area contributed by atoms with E-state index in [4.69, 9.17) is 0 Å². The van der Waals surface area contributed by atoms with Gasteiger partial charge in [-0.1, -0.05) is 18.2 Å². The van der Waals surface area contributed by atoms with E-state index in [1.165, 1.54) is 11.1 Å². The van der Waals surface area contributed by atoms with Gasteiger partial charge in [-0.15, -0.1) is 0 Å². The van der Waals surface area contributed by atoms with Gasteiger partial charge in [-0.05, 0) is 18.6 Å². The summed E-state index contributed by atoms with van der Waals surface area (Å²) < 4.78 is 2.21. The fraction of sp³-hybridized carbons (Fsp3) is 0.333. The Labute approximate surface area is 94.3 Å². The molecule has 4 nitrogen and oxygen atoms in total. The van der Waals surface area contributed by atoms with Gasteiger partial charge in [-0.2, -0.15) is 5.10 Å². The van der Waals surface area contributed by atoms with Crippen LogP contribution in [-0.2, 0) is 6.54 Å². The zero-order chi connectivity index (χ0) is 11.0. The van der Waals surface area contributed by atoms with Gasteiger partial charge >= 0.3 is 5.95 Å². The molecule has 4 heteroatoms. The van der Waals surface area contributed by atoms with Crippen LogP contribution in [0.2, 0.25) is 0 Å². The van der Waals surface area contributed by atoms with Crippen molar-refractivity contribution in [3.8, 4) is 11.4 Å². The topological polar surface area (TPSA) is 44.6 Å². The van der Waals surface area contributed by atoms with Crippen molar-refractivity contribution in [2.75, 3.05) is 11.9 Å². The minimum atomic E-state index is 0.949. The van der Waals surface area contributed by atoms with Crippen LogP contribution in [0.1, 0.15) is 12.0 Å². The minimum absolute atomic E-state index is 0.949. The van der Waals surface area contributed by atoms with Crippen molar-refractivity contribution >= 4 is 5.95 Å². The number of benzene rings is 1. The molecule has 0 spiro atoms. The molecule has 82 valence electrons. The lowest BCUT2D eigenvalue weighted by molar-refractivity contribution is -0.675. The first-order chi connectivity index (χ1) is 7.86. The third-order valence-electron chi connectivity index (χ3n) is 3.04. The first kappa shape index (κ1) is 9.39. The maximum Gasteiger partial charge on any atom is 0.377 e. The van der Waals surface area contributed by atoms with Crippen molar-refractivity contribution in [2.24, 2.45) is 0 Å². The van der Waals surface area contributed by atoms with Crippen LogP contribution < -0.4 is 9.88 Å². The number of anilines is 1. The molecule has 0 bridgehead atoms. The summed E-state index contributed by atoms with van der Waals surface area (Å²) in [5.74, 6) is 2.05. The SMILES string of the molecule is Cc1ccccc1-c1[nH]nc2[n+]1CCCN2. The highest BCUT2D eigenvalue weighted by Crippen LogP contribution is 2.19. The Morgan fingerprint density at radius 3 is 3.06 bits per heavy atom. The lowest BCUT2D eigenvalue weighted by Crippen LogP contribution is -2.42. The molecule has 0 fully saturated rings. The fourth-order valence-electron chi connectivity index (χ4n) is 2.17. The van der Waals surface area contributed by atoms with Gasteiger partial charge in [0, 0.05) is 17.1 Å². The number of H-pyrrole nitrogens is 1. The van der Waals surface area contributed by atoms with E-state index in [0.717, 1.165) is 31.3 Å². The van der Waals surface area contributed by atoms with Gasteiger partial charge in [-0.3, -0.25) is 5.32 Å². The molecule has 0 saturated carbocycles. The summed E-state index contributed by atoms with van der Waals surface area (Å²) in [6, 6.07) is 8.38. The van der Waals surface area contributed by atoms with Crippen molar-refractivity contribution in [3.05, 3.63) is 29.8 Å². The zero-order valence-corrected chi connectivity index (χ0v) is 9.33. The fourth-order valence-corrected chi connectivity index (χ4v) is 2.17. The molecule has 0 unspecified atom stereocenters. The van der Waals surface area contributed by atoms with Crippen LogP contribution in [0.3, 0.4) is 0 Å². The molecule has 0 aliphatic carbocycles. The molecule has 0 saturated heterocycles. The second kappa shape index (κ2) is 3.63. The van der Waals surface area contributed by atoms with Crippen molar-refractivity contribution in [2.45, 2.75) is 19.9 Å². The Morgan fingerprint density at radius 1 is 1.31 bits per heavy atom. The monoisotopic (exact) mass is 215 g/mol. The Morgan fingerprint density at radius 2 is 2.19 bits per heavy atom. The second-order valence-corrected chi connectivity index (χ2v) is 4.14. The Hall–Kier alpha value is -1.84. The summed E-state index contributed by atoms with van der Waals surface area (Å²) in [7, 11) is 0. The molecular weight excluding hydrogens is 200 g/mol. The Balaban J connectivity index is 2.13. The van der Waals surface area contributed by atoms with Gasteiger partial charge in [0.1, 0.15) is 0 Å². The third kappa shape index (κ3) is 1.38. The maximum atomic E-state index is 4.30. The maximum absolute atomic E-state index is 4.30. The van der Waals surface area contributed by atoms with Crippen LogP contribution in [0, 0.1) is 6.92 Å². The average Bonchev–Trinajstić information content (AvgIpc) is 2.74. The van der Waals surface area contributed by atoms with Gasteiger partial charge in [0.25, 0.3) is 0 Å². The van der Waals surface area contributed by atoms with Crippen LogP contribution in [-0.4, -0.2) is 16.7 Å². The van der Waals surface area contributed by atoms with Gasteiger partial charge in [0.15, 0.2) is 0 Å². The zero-order valence-electron chi connectivity index (χ0n) is 9.33. The van der Waals surface area contributed by atoms with Crippen molar-refractivity contribution < 1.29 is 4.57 Å². The predicted molar refractivity (Wildman–Crippen MR) is 62.1 cm³/mol. The quantitative estimate of drug-likeness (QED) is 0.708. The molecule has 0 atom stereocenters. The molecule has 1 aliphatic rings. The molecule has 2 N–H and O–H groups in total. The van der Waals surface area contributed by atoms with E-state index in [-0.39, 0.29) is 0 Å². The molecule has 1 aliphatic heterocycles. The molecular formula is C12H15N4+. The molecule has 16 heavy (non-hydrogen) atoms. The first-order valence-corrected chi connectivity index (χ1v) is 5.64. The lowest BCUT2D eigenvalue weighted by Gasteiger charge is -2.10. The highest BCUT2D eigenvalue weighted by Gasteiger charge is 2.23. The predicted octanol–water partition coefficient (Wildman–Crippen LogP) is 1.49. The lowest BCUT2D eigenvalue weighted by atomic mass is 10.1. The standard InChI is InChI=1S/C12H14N4/c1-9-5-2-3-6-10(9)11-14-15-12-13-7-4-8-16(11)12/h2-3,5-6H,4,7-8H2,1H3,(H,13,15)/p+1. The summed E-state index contributed by atoms with van der Waals surface area (Å²) in [5.41, 5.74) is 2.50. The molecule has 2 aromatic rings. The van der Waals surface area contributed by atoms with E-state index in [1.807, 2.05) is 0 Å². The molecule has 2 heterocycles. The molecule has 0 amide bonds. The summed E-state index contributed by atoms with van der Waals surface area (Å²) in [5, 5.41) is 10.7. The summed E-state index contributed by atoms with van der Waals surface area (Å²) in [4.78, 5) is 0. The van der Waals surface area contributed by atoms with E-state index >= 15 is 0 Å². The highest BCUT2D eigenvalue weighted by molar-refractivity contribution is 5.57. The number of aromatic nitrogens is 3. The number of fused-ring (bicyclic) bond motifs is 1. The van der Waals surface area contributed by atoms with E-state index in [9.17, 15) is 0 Å². The van der Waals surface area contributed by atoms with Gasteiger partial charge in [0.05, 0.1) is 13.1 Å². The van der Waals surface area contributed by atoms with Crippen LogP contribution in [0.4, 0.5) is 5.95 Å². The van der Waals surface area contributed by atoms with E-state index < -0.39 is 0 Å². The van der Waals surface area contributed by atoms with Gasteiger partial charge < -0.3 is 0 Å². The molecule has 1 aromatic carbocycles. The second-order valence-electron chi connectivity index (χ2n) is 4.14. The largest absolute Gasteiger partial charge is 0.377 e. The number of hydrogen-bond donors (Lipinski definition) is 2. The third-order valence-corrected chi connectivity index (χ3v) is 3.04. The summed E-state index contributed by atoms with van der Waals surface area (Å²) in [6.07, 6.45) is 1.15. The first-order valence-electron chi connectivity index (χ1n) is 5.64. The van der Waals surface area contributed by atoms with Gasteiger partial charge in [-0.25, -0.2) is 4.57 Å². The minimum Gasteiger partial charge on any atom is -0.292 e. The average molecular weight is 215 g/mol. The number of rotatable bonds is 1. The van der Waals surface area contributed by atoms with Crippen molar-refractivity contribution in [1.29, 1.82) is 0 Å². The number of nitrogens with zero attached hydrogens (tertiary/aromatic N) is 2. The molecule has 0 radical (unpaired) electrons. The van der Waals surface area contributed by atoms with Crippen LogP contribution in [0.25, 0.3) is 11.4 Å². The van der Waals surface area contributed by atoms with E-state index in [0.29, 0.717) is 0 Å². The van der Waals surface area contributed by atoms with E-state index in [1.54, 1.807) is 0 Å². The van der Waals surface area contributed by atoms with Crippen LogP contribution in [0.5, 0.6) is 0 Å². The Bertz CT molecular complexity index is 515. The summed E-state index contributed by atoms with van der Waals surface area (Å²) >= 11 is 0. The number of hydrogen-bond acceptors (Lipinski definition) is 2. The molecule has 1 aromatic heterocycles. The normalized spacial score (nSPS) is 14.3. The Kier molecular flexibility index (Phi) is 2.13.